The Bertz CT molecular complexity index is 883. The van der Waals surface area contributed by atoms with E-state index in [1.807, 2.05) is 24.3 Å². The fourth-order valence-electron chi connectivity index (χ4n) is 2.24. The molecule has 118 valence electrons. The molecule has 0 radical (unpaired) electrons. The van der Waals surface area contributed by atoms with Gasteiger partial charge in [0.1, 0.15) is 12.4 Å². The van der Waals surface area contributed by atoms with E-state index in [0.29, 0.717) is 11.3 Å². The molecule has 0 fully saturated rings. The summed E-state index contributed by atoms with van der Waals surface area (Å²) < 4.78 is 28.4. The number of anilines is 1. The van der Waals surface area contributed by atoms with Crippen molar-refractivity contribution in [3.63, 3.8) is 0 Å². The van der Waals surface area contributed by atoms with Gasteiger partial charge >= 0.3 is 0 Å². The number of carbonyl (C=O) groups is 1. The number of hydrogen-bond acceptors (Lipinski definition) is 4. The van der Waals surface area contributed by atoms with Crippen LogP contribution in [0.15, 0.2) is 59.0 Å². The van der Waals surface area contributed by atoms with Crippen LogP contribution >= 0.6 is 0 Å². The zero-order valence-corrected chi connectivity index (χ0v) is 13.3. The van der Waals surface area contributed by atoms with E-state index in [9.17, 15) is 13.2 Å². The zero-order valence-electron chi connectivity index (χ0n) is 12.4. The van der Waals surface area contributed by atoms with Gasteiger partial charge in [-0.05, 0) is 36.4 Å². The van der Waals surface area contributed by atoms with Crippen LogP contribution in [0.2, 0.25) is 0 Å². The van der Waals surface area contributed by atoms with E-state index in [4.69, 9.17) is 4.74 Å². The first-order valence-electron chi connectivity index (χ1n) is 6.97. The van der Waals surface area contributed by atoms with Crippen LogP contribution in [0.25, 0.3) is 6.08 Å². The second kappa shape index (κ2) is 5.89. The first-order chi connectivity index (χ1) is 10.9. The molecule has 5 nitrogen and oxygen atoms in total. The summed E-state index contributed by atoms with van der Waals surface area (Å²) in [6.45, 7) is 0.199. The van der Waals surface area contributed by atoms with E-state index >= 15 is 0 Å². The molecule has 0 saturated carbocycles. The molecule has 0 aromatic heterocycles. The number of para-hydroxylation sites is 1. The summed E-state index contributed by atoms with van der Waals surface area (Å²) in [4.78, 5) is 12.5. The molecular formula is C17H15NO4S. The summed E-state index contributed by atoms with van der Waals surface area (Å²) in [5, 5.41) is 2.74. The van der Waals surface area contributed by atoms with Crippen LogP contribution in [-0.2, 0) is 14.6 Å². The number of fused-ring (bicyclic) bond motifs is 1. The largest absolute Gasteiger partial charge is 0.488 e. The molecule has 0 saturated heterocycles. The van der Waals surface area contributed by atoms with Crippen molar-refractivity contribution in [2.24, 2.45) is 0 Å². The van der Waals surface area contributed by atoms with E-state index in [1.54, 1.807) is 18.2 Å². The maximum atomic E-state index is 12.3. The van der Waals surface area contributed by atoms with E-state index in [-0.39, 0.29) is 17.4 Å². The van der Waals surface area contributed by atoms with Gasteiger partial charge in [0.05, 0.1) is 10.5 Å². The maximum absolute atomic E-state index is 12.3. The number of benzene rings is 2. The van der Waals surface area contributed by atoms with Crippen LogP contribution in [0.1, 0.15) is 5.56 Å². The molecule has 0 unspecified atom stereocenters. The Hall–Kier alpha value is -2.60. The predicted octanol–water partition coefficient (Wildman–Crippen LogP) is 2.50. The second-order valence-electron chi connectivity index (χ2n) is 5.25. The highest BCUT2D eigenvalue weighted by atomic mass is 32.2. The highest BCUT2D eigenvalue weighted by molar-refractivity contribution is 7.90. The Kier molecular flexibility index (Phi) is 3.92. The second-order valence-corrected chi connectivity index (χ2v) is 7.26. The van der Waals surface area contributed by atoms with Gasteiger partial charge in [0.25, 0.3) is 5.91 Å². The van der Waals surface area contributed by atoms with E-state index in [1.165, 1.54) is 12.1 Å². The van der Waals surface area contributed by atoms with Crippen molar-refractivity contribution in [3.8, 4) is 5.75 Å². The van der Waals surface area contributed by atoms with Crippen molar-refractivity contribution in [2.45, 2.75) is 4.90 Å². The SMILES string of the molecule is CS(=O)(=O)c1ccc(NC(=O)C2=Cc3ccccc3OC2)cc1. The highest BCUT2D eigenvalue weighted by Crippen LogP contribution is 2.26. The standard InChI is InChI=1S/C17H15NO4S/c1-23(20,21)15-8-6-14(7-9-15)18-17(19)13-10-12-4-2-3-5-16(12)22-11-13/h2-10H,11H2,1H3,(H,18,19). The average Bonchev–Trinajstić information content (AvgIpc) is 2.54. The minimum atomic E-state index is -3.25. The van der Waals surface area contributed by atoms with Gasteiger partial charge in [-0.2, -0.15) is 0 Å². The van der Waals surface area contributed by atoms with Crippen molar-refractivity contribution >= 4 is 27.5 Å². The van der Waals surface area contributed by atoms with Gasteiger partial charge in [-0.15, -0.1) is 0 Å². The maximum Gasteiger partial charge on any atom is 0.255 e. The molecule has 1 heterocycles. The minimum absolute atomic E-state index is 0.199. The van der Waals surface area contributed by atoms with Crippen molar-refractivity contribution in [2.75, 3.05) is 18.2 Å². The summed E-state index contributed by atoms with van der Waals surface area (Å²) in [7, 11) is -3.25. The van der Waals surface area contributed by atoms with E-state index in [2.05, 4.69) is 5.32 Å². The Labute approximate surface area is 134 Å². The van der Waals surface area contributed by atoms with Gasteiger partial charge in [-0.3, -0.25) is 4.79 Å². The first kappa shape index (κ1) is 15.3. The topological polar surface area (TPSA) is 72.5 Å². The minimum Gasteiger partial charge on any atom is -0.488 e. The molecule has 3 rings (SSSR count). The molecule has 6 heteroatoms. The number of nitrogens with one attached hydrogen (secondary N) is 1. The van der Waals surface area contributed by atoms with Gasteiger partial charge < -0.3 is 10.1 Å². The summed E-state index contributed by atoms with van der Waals surface area (Å²) >= 11 is 0. The lowest BCUT2D eigenvalue weighted by atomic mass is 10.1. The van der Waals surface area contributed by atoms with Gasteiger partial charge in [-0.1, -0.05) is 18.2 Å². The number of rotatable bonds is 3. The number of carbonyl (C=O) groups excluding carboxylic acids is 1. The number of ether oxygens (including phenoxy) is 1. The molecule has 1 aliphatic rings. The molecule has 1 aliphatic heterocycles. The molecule has 0 aliphatic carbocycles. The Morgan fingerprint density at radius 1 is 1.09 bits per heavy atom. The molecule has 1 amide bonds. The molecule has 2 aromatic carbocycles. The van der Waals surface area contributed by atoms with Crippen LogP contribution in [0.3, 0.4) is 0 Å². The van der Waals surface area contributed by atoms with Gasteiger partial charge in [0, 0.05) is 17.5 Å². The van der Waals surface area contributed by atoms with Gasteiger partial charge in [0.15, 0.2) is 9.84 Å². The van der Waals surface area contributed by atoms with Crippen molar-refractivity contribution in [3.05, 3.63) is 59.7 Å². The third kappa shape index (κ3) is 3.43. The van der Waals surface area contributed by atoms with Crippen molar-refractivity contribution in [1.82, 2.24) is 0 Å². The zero-order chi connectivity index (χ0) is 16.4. The van der Waals surface area contributed by atoms with Crippen LogP contribution < -0.4 is 10.1 Å². The third-order valence-electron chi connectivity index (χ3n) is 3.46. The van der Waals surface area contributed by atoms with Crippen LogP contribution in [0.4, 0.5) is 5.69 Å². The number of hydrogen-bond donors (Lipinski definition) is 1. The molecule has 1 N–H and O–H groups in total. The van der Waals surface area contributed by atoms with Crippen molar-refractivity contribution < 1.29 is 17.9 Å². The van der Waals surface area contributed by atoms with Crippen LogP contribution in [0, 0.1) is 0 Å². The lowest BCUT2D eigenvalue weighted by Gasteiger charge is -2.17. The molecule has 0 spiro atoms. The smallest absolute Gasteiger partial charge is 0.255 e. The fourth-order valence-corrected chi connectivity index (χ4v) is 2.87. The third-order valence-corrected chi connectivity index (χ3v) is 4.59. The summed E-state index contributed by atoms with van der Waals surface area (Å²) in [6, 6.07) is 13.5. The predicted molar refractivity (Wildman–Crippen MR) is 88.1 cm³/mol. The average molecular weight is 329 g/mol. The monoisotopic (exact) mass is 329 g/mol. The quantitative estimate of drug-likeness (QED) is 0.939. The van der Waals surface area contributed by atoms with Gasteiger partial charge in [-0.25, -0.2) is 8.42 Å². The Balaban J connectivity index is 1.77. The lowest BCUT2D eigenvalue weighted by molar-refractivity contribution is -0.113. The first-order valence-corrected chi connectivity index (χ1v) is 8.86. The summed E-state index contributed by atoms with van der Waals surface area (Å²) in [5.41, 5.74) is 1.90. The number of amides is 1. The lowest BCUT2D eigenvalue weighted by Crippen LogP contribution is -2.21. The Morgan fingerprint density at radius 3 is 2.48 bits per heavy atom. The molecule has 2 aromatic rings. The molecular weight excluding hydrogens is 314 g/mol. The molecule has 0 bridgehead atoms. The van der Waals surface area contributed by atoms with Crippen LogP contribution in [-0.4, -0.2) is 27.2 Å². The van der Waals surface area contributed by atoms with E-state index in [0.717, 1.165) is 17.6 Å². The Morgan fingerprint density at radius 2 is 1.78 bits per heavy atom. The normalized spacial score (nSPS) is 13.5. The van der Waals surface area contributed by atoms with E-state index < -0.39 is 9.84 Å². The molecule has 0 atom stereocenters. The summed E-state index contributed by atoms with van der Waals surface area (Å²) in [5.74, 6) is 0.480. The number of sulfone groups is 1. The fraction of sp³-hybridized carbons (Fsp3) is 0.118. The molecule has 23 heavy (non-hydrogen) atoms. The summed E-state index contributed by atoms with van der Waals surface area (Å²) in [6.07, 6.45) is 2.93. The van der Waals surface area contributed by atoms with Crippen LogP contribution in [0.5, 0.6) is 5.75 Å². The van der Waals surface area contributed by atoms with Crippen molar-refractivity contribution in [1.29, 1.82) is 0 Å². The highest BCUT2D eigenvalue weighted by Gasteiger charge is 2.17. The van der Waals surface area contributed by atoms with Gasteiger partial charge in [0.2, 0.25) is 0 Å².